The van der Waals surface area contributed by atoms with Crippen molar-refractivity contribution in [2.24, 2.45) is 0 Å². The monoisotopic (exact) mass is 850 g/mol. The van der Waals surface area contributed by atoms with Gasteiger partial charge in [0, 0.05) is 81.2 Å². The van der Waals surface area contributed by atoms with Gasteiger partial charge in [-0.2, -0.15) is 5.26 Å². The minimum atomic E-state index is -0.336. The fraction of sp³-hybridized carbons (Fsp3) is 0.395. The topological polar surface area (TPSA) is 104 Å². The summed E-state index contributed by atoms with van der Waals surface area (Å²) in [7, 11) is 6.14. The fourth-order valence-electron chi connectivity index (χ4n) is 5.46. The first-order valence-electron chi connectivity index (χ1n) is 17.6. The van der Waals surface area contributed by atoms with E-state index in [1.54, 1.807) is 0 Å². The molecule has 1 saturated heterocycles. The first-order valence-corrected chi connectivity index (χ1v) is 19.7. The van der Waals surface area contributed by atoms with Gasteiger partial charge in [-0.1, -0.05) is 103 Å². The predicted molar refractivity (Wildman–Crippen MR) is 242 cm³/mol. The van der Waals surface area contributed by atoms with Crippen molar-refractivity contribution in [3.05, 3.63) is 132 Å². The summed E-state index contributed by atoms with van der Waals surface area (Å²) in [6.07, 6.45) is 2.32. The minimum Gasteiger partial charge on any atom is -0.412 e. The van der Waals surface area contributed by atoms with Crippen LogP contribution < -0.4 is 6.15 Å². The Morgan fingerprint density at radius 1 is 0.673 bits per heavy atom. The molecular formula is C43H59Cl5N6O. The molecule has 0 saturated carbocycles. The average molecular weight is 853 g/mol. The number of likely N-dealkylation sites (tertiary alicyclic amines) is 1. The molecule has 5 rings (SSSR count). The molecule has 0 unspecified atom stereocenters. The first kappa shape index (κ1) is 54.2. The van der Waals surface area contributed by atoms with E-state index < -0.39 is 0 Å². The quantitative estimate of drug-likeness (QED) is 0.113. The minimum absolute atomic E-state index is 0. The van der Waals surface area contributed by atoms with E-state index in [0.717, 1.165) is 57.7 Å². The number of rotatable bonds is 12. The van der Waals surface area contributed by atoms with Crippen molar-refractivity contribution in [2.75, 3.05) is 83.9 Å². The molecule has 0 bridgehead atoms. The SMILES string of the molecule is CN(CCCl)CCCl.CN(CCCl)CCCl.Cl.N.N#CCc1cccc(-c2ccccc2)c1.O.[C-]#[N+]C1(c2cccc(-c3ccccc3)c2)CCN(C)CC1. The molecule has 302 valence electrons. The first-order chi connectivity index (χ1) is 25.2. The van der Waals surface area contributed by atoms with E-state index >= 15 is 0 Å². The molecular weight excluding hydrogens is 794 g/mol. The molecule has 12 heteroatoms. The van der Waals surface area contributed by atoms with E-state index in [0.29, 0.717) is 29.9 Å². The number of hydrogen-bond donors (Lipinski definition) is 1. The van der Waals surface area contributed by atoms with Gasteiger partial charge in [0.1, 0.15) is 0 Å². The molecule has 4 aromatic rings. The second-order valence-corrected chi connectivity index (χ2v) is 14.2. The van der Waals surface area contributed by atoms with E-state index in [4.69, 9.17) is 58.2 Å². The summed E-state index contributed by atoms with van der Waals surface area (Å²) >= 11 is 21.8. The van der Waals surface area contributed by atoms with Crippen LogP contribution in [0.5, 0.6) is 0 Å². The molecule has 0 amide bonds. The second kappa shape index (κ2) is 32.2. The summed E-state index contributed by atoms with van der Waals surface area (Å²) in [6.45, 7) is 13.4. The zero-order valence-electron chi connectivity index (χ0n) is 32.4. The van der Waals surface area contributed by atoms with Crippen LogP contribution in [0.3, 0.4) is 0 Å². The van der Waals surface area contributed by atoms with E-state index in [-0.39, 0.29) is 29.6 Å². The molecule has 0 aliphatic carbocycles. The highest BCUT2D eigenvalue weighted by atomic mass is 35.5. The normalized spacial score (nSPS) is 12.6. The second-order valence-electron chi connectivity index (χ2n) is 12.7. The third-order valence-corrected chi connectivity index (χ3v) is 9.39. The van der Waals surface area contributed by atoms with E-state index in [1.807, 2.05) is 50.5 Å². The van der Waals surface area contributed by atoms with Crippen LogP contribution >= 0.6 is 58.8 Å². The van der Waals surface area contributed by atoms with Crippen molar-refractivity contribution in [3.8, 4) is 28.3 Å². The van der Waals surface area contributed by atoms with Crippen molar-refractivity contribution in [1.29, 1.82) is 5.26 Å². The van der Waals surface area contributed by atoms with Gasteiger partial charge in [0.05, 0.1) is 12.5 Å². The molecule has 55 heavy (non-hydrogen) atoms. The van der Waals surface area contributed by atoms with Crippen LogP contribution in [-0.2, 0) is 12.0 Å². The number of benzene rings is 4. The standard InChI is InChI=1S/C19H20N2.C14H11N.2C5H11Cl2N.ClH.H3N.H2O/c1-20-19(11-13-21(2)14-12-19)18-10-6-9-17(15-18)16-7-4-3-5-8-16;15-10-9-12-5-4-8-14(11-12)13-6-2-1-3-7-13;2*1-8(4-2-6)5-3-7;;;/h3-10,15H,11-14H2,2H3;1-8,11H,9H2;2*2-5H2,1H3;1H;1H3;1H2. The van der Waals surface area contributed by atoms with Crippen LogP contribution in [0.2, 0.25) is 0 Å². The zero-order valence-corrected chi connectivity index (χ0v) is 36.3. The number of piperidine rings is 1. The molecule has 0 spiro atoms. The predicted octanol–water partition coefficient (Wildman–Crippen LogP) is 10.2. The summed E-state index contributed by atoms with van der Waals surface area (Å²) in [4.78, 5) is 10.5. The third kappa shape index (κ3) is 20.7. The molecule has 4 aromatic carbocycles. The zero-order chi connectivity index (χ0) is 38.0. The number of nitriles is 1. The Bertz CT molecular complexity index is 1590. The van der Waals surface area contributed by atoms with Crippen LogP contribution in [0.15, 0.2) is 109 Å². The van der Waals surface area contributed by atoms with Crippen molar-refractivity contribution < 1.29 is 5.48 Å². The molecule has 0 aromatic heterocycles. The van der Waals surface area contributed by atoms with Crippen LogP contribution in [0.25, 0.3) is 27.1 Å². The molecule has 1 fully saturated rings. The highest BCUT2D eigenvalue weighted by Crippen LogP contribution is 2.38. The maximum absolute atomic E-state index is 8.63. The smallest absolute Gasteiger partial charge is 0.260 e. The van der Waals surface area contributed by atoms with E-state index in [9.17, 15) is 0 Å². The van der Waals surface area contributed by atoms with Crippen molar-refractivity contribution in [3.63, 3.8) is 0 Å². The van der Waals surface area contributed by atoms with Gasteiger partial charge in [0.25, 0.3) is 5.54 Å². The van der Waals surface area contributed by atoms with Gasteiger partial charge in [-0.25, -0.2) is 6.57 Å². The number of halogens is 5. The lowest BCUT2D eigenvalue weighted by atomic mass is 9.81. The maximum atomic E-state index is 8.63. The summed E-state index contributed by atoms with van der Waals surface area (Å²) < 4.78 is 0. The lowest BCUT2D eigenvalue weighted by molar-refractivity contribution is 0.216. The molecule has 7 nitrogen and oxygen atoms in total. The maximum Gasteiger partial charge on any atom is 0.260 e. The Hall–Kier alpha value is -2.89. The third-order valence-electron chi connectivity index (χ3n) is 8.72. The van der Waals surface area contributed by atoms with Gasteiger partial charge >= 0.3 is 0 Å². The van der Waals surface area contributed by atoms with Crippen LogP contribution in [0.4, 0.5) is 0 Å². The average Bonchev–Trinajstić information content (AvgIpc) is 3.18. The Morgan fingerprint density at radius 3 is 1.47 bits per heavy atom. The molecule has 1 aliphatic heterocycles. The summed E-state index contributed by atoms with van der Waals surface area (Å²) in [5, 5.41) is 8.63. The molecule has 5 N–H and O–H groups in total. The van der Waals surface area contributed by atoms with Gasteiger partial charge in [-0.05, 0) is 55.0 Å². The van der Waals surface area contributed by atoms with Gasteiger partial charge < -0.3 is 31.2 Å². The van der Waals surface area contributed by atoms with Crippen molar-refractivity contribution in [1.82, 2.24) is 20.9 Å². The Morgan fingerprint density at radius 2 is 1.07 bits per heavy atom. The number of alkyl halides is 4. The van der Waals surface area contributed by atoms with E-state index in [1.165, 1.54) is 27.8 Å². The fourth-order valence-corrected chi connectivity index (χ4v) is 6.61. The molecule has 1 aliphatic rings. The Labute approximate surface area is 357 Å². The summed E-state index contributed by atoms with van der Waals surface area (Å²) in [5.74, 6) is 2.75. The summed E-state index contributed by atoms with van der Waals surface area (Å²) in [6, 6.07) is 39.4. The van der Waals surface area contributed by atoms with Gasteiger partial charge in [0.15, 0.2) is 0 Å². The van der Waals surface area contributed by atoms with Gasteiger partial charge in [-0.3, -0.25) is 0 Å². The van der Waals surface area contributed by atoms with E-state index in [2.05, 4.69) is 105 Å². The van der Waals surface area contributed by atoms with Crippen LogP contribution in [-0.4, -0.2) is 104 Å². The molecule has 1 heterocycles. The number of hydrogen-bond acceptors (Lipinski definition) is 5. The van der Waals surface area contributed by atoms with Gasteiger partial charge in [0.2, 0.25) is 0 Å². The van der Waals surface area contributed by atoms with Crippen LogP contribution in [0.1, 0.15) is 24.0 Å². The Balaban J connectivity index is 0. The Kier molecular flexibility index (Phi) is 31.8. The van der Waals surface area contributed by atoms with Gasteiger partial charge in [-0.15, -0.1) is 58.8 Å². The highest BCUT2D eigenvalue weighted by Gasteiger charge is 2.41. The molecule has 0 radical (unpaired) electrons. The van der Waals surface area contributed by atoms with Crippen molar-refractivity contribution in [2.45, 2.75) is 24.8 Å². The largest absolute Gasteiger partial charge is 0.412 e. The van der Waals surface area contributed by atoms with Crippen LogP contribution in [0, 0.1) is 17.9 Å². The lowest BCUT2D eigenvalue weighted by Gasteiger charge is -2.32. The number of nitrogens with zero attached hydrogens (tertiary/aromatic N) is 5. The summed E-state index contributed by atoms with van der Waals surface area (Å²) in [5.41, 5.74) is 6.69. The van der Waals surface area contributed by atoms with Crippen molar-refractivity contribution >= 4 is 58.8 Å². The molecule has 0 atom stereocenters. The lowest BCUT2D eigenvalue weighted by Crippen LogP contribution is -2.38. The highest BCUT2D eigenvalue weighted by molar-refractivity contribution is 6.18.